The van der Waals surface area contributed by atoms with Crippen LogP contribution >= 0.6 is 11.3 Å². The van der Waals surface area contributed by atoms with E-state index in [0.29, 0.717) is 5.56 Å². The molecule has 0 aromatic carbocycles. The summed E-state index contributed by atoms with van der Waals surface area (Å²) in [4.78, 5) is 11.5. The van der Waals surface area contributed by atoms with Crippen molar-refractivity contribution in [3.8, 4) is 0 Å². The summed E-state index contributed by atoms with van der Waals surface area (Å²) < 4.78 is 31.7. The van der Waals surface area contributed by atoms with Gasteiger partial charge < -0.3 is 4.74 Å². The van der Waals surface area contributed by atoms with E-state index in [1.165, 1.54) is 24.8 Å². The highest BCUT2D eigenvalue weighted by atomic mass is 32.2. The fourth-order valence-corrected chi connectivity index (χ4v) is 4.18. The van der Waals surface area contributed by atoms with Gasteiger partial charge in [0, 0.05) is 17.8 Å². The number of ether oxygens (including phenoxy) is 1. The molecule has 2 aromatic rings. The Hall–Kier alpha value is -1.71. The van der Waals surface area contributed by atoms with E-state index in [2.05, 4.69) is 19.7 Å². The molecule has 1 atom stereocenters. The lowest BCUT2D eigenvalue weighted by atomic mass is 10.2. The lowest BCUT2D eigenvalue weighted by molar-refractivity contribution is 0.0602. The molecule has 0 amide bonds. The minimum atomic E-state index is -3.81. The Morgan fingerprint density at radius 2 is 2.30 bits per heavy atom. The van der Waals surface area contributed by atoms with E-state index in [4.69, 9.17) is 0 Å². The van der Waals surface area contributed by atoms with Crippen molar-refractivity contribution in [1.29, 1.82) is 0 Å². The van der Waals surface area contributed by atoms with Crippen molar-refractivity contribution in [3.05, 3.63) is 34.3 Å². The van der Waals surface area contributed by atoms with E-state index in [1.54, 1.807) is 13.1 Å². The molecular formula is C11H13N3O4S2. The fraction of sp³-hybridized carbons (Fsp3) is 0.273. The zero-order valence-electron chi connectivity index (χ0n) is 10.8. The molecule has 0 fully saturated rings. The van der Waals surface area contributed by atoms with Crippen molar-refractivity contribution in [2.75, 3.05) is 7.11 Å². The number of H-pyrrole nitrogens is 1. The third-order valence-corrected chi connectivity index (χ3v) is 5.25. The minimum Gasteiger partial charge on any atom is -0.465 e. The zero-order chi connectivity index (χ0) is 14.8. The molecular weight excluding hydrogens is 302 g/mol. The molecule has 2 heterocycles. The van der Waals surface area contributed by atoms with Crippen LogP contribution in [0.25, 0.3) is 0 Å². The number of hydrogen-bond acceptors (Lipinski definition) is 6. The van der Waals surface area contributed by atoms with Gasteiger partial charge in [-0.05, 0) is 18.4 Å². The molecule has 2 N–H and O–H groups in total. The first-order valence-corrected chi connectivity index (χ1v) is 7.99. The molecule has 0 aliphatic carbocycles. The van der Waals surface area contributed by atoms with Gasteiger partial charge in [-0.1, -0.05) is 0 Å². The first kappa shape index (κ1) is 14.7. The Balaban J connectivity index is 2.27. The first-order valence-electron chi connectivity index (χ1n) is 5.62. The maximum atomic E-state index is 12.3. The number of nitrogens with one attached hydrogen (secondary N) is 2. The van der Waals surface area contributed by atoms with E-state index in [0.717, 1.165) is 11.3 Å². The van der Waals surface area contributed by atoms with Crippen molar-refractivity contribution in [3.63, 3.8) is 0 Å². The summed E-state index contributed by atoms with van der Waals surface area (Å²) in [7, 11) is -2.60. The summed E-state index contributed by atoms with van der Waals surface area (Å²) >= 11 is 1.02. The average Bonchev–Trinajstić information content (AvgIpc) is 3.08. The predicted molar refractivity (Wildman–Crippen MR) is 73.0 cm³/mol. The van der Waals surface area contributed by atoms with E-state index >= 15 is 0 Å². The Morgan fingerprint density at radius 3 is 2.90 bits per heavy atom. The molecule has 20 heavy (non-hydrogen) atoms. The largest absolute Gasteiger partial charge is 0.465 e. The van der Waals surface area contributed by atoms with E-state index in [1.807, 2.05) is 0 Å². The molecule has 2 rings (SSSR count). The second kappa shape index (κ2) is 5.73. The SMILES string of the molecule is COC(=O)c1sccc1S(=O)(=O)NC(C)c1cn[nH]c1. The fourth-order valence-electron chi connectivity index (χ4n) is 1.61. The van der Waals surface area contributed by atoms with Gasteiger partial charge in [0.2, 0.25) is 10.0 Å². The van der Waals surface area contributed by atoms with E-state index in [-0.39, 0.29) is 9.77 Å². The highest BCUT2D eigenvalue weighted by molar-refractivity contribution is 7.89. The topological polar surface area (TPSA) is 101 Å². The number of carbonyl (C=O) groups is 1. The van der Waals surface area contributed by atoms with Crippen LogP contribution in [0.5, 0.6) is 0 Å². The van der Waals surface area contributed by atoms with Crippen LogP contribution in [0, 0.1) is 0 Å². The number of rotatable bonds is 5. The molecule has 0 aliphatic rings. The number of esters is 1. The van der Waals surface area contributed by atoms with Crippen LogP contribution in [0.1, 0.15) is 28.2 Å². The van der Waals surface area contributed by atoms with Gasteiger partial charge in [0.15, 0.2) is 0 Å². The normalized spacial score (nSPS) is 13.1. The number of aromatic nitrogens is 2. The zero-order valence-corrected chi connectivity index (χ0v) is 12.4. The van der Waals surface area contributed by atoms with Crippen molar-refractivity contribution in [2.45, 2.75) is 17.9 Å². The van der Waals surface area contributed by atoms with Gasteiger partial charge in [0.25, 0.3) is 0 Å². The molecule has 0 aliphatic heterocycles. The van der Waals surface area contributed by atoms with Gasteiger partial charge in [0.1, 0.15) is 9.77 Å². The second-order valence-corrected chi connectivity index (χ2v) is 6.58. The molecule has 2 aromatic heterocycles. The number of thiophene rings is 1. The van der Waals surface area contributed by atoms with E-state index in [9.17, 15) is 13.2 Å². The van der Waals surface area contributed by atoms with Crippen LogP contribution in [0.15, 0.2) is 28.7 Å². The van der Waals surface area contributed by atoms with Crippen molar-refractivity contribution >= 4 is 27.3 Å². The summed E-state index contributed by atoms with van der Waals surface area (Å²) in [6.07, 6.45) is 3.13. The molecule has 0 spiro atoms. The van der Waals surface area contributed by atoms with Crippen molar-refractivity contribution in [1.82, 2.24) is 14.9 Å². The number of sulfonamides is 1. The van der Waals surface area contributed by atoms with Crippen LogP contribution in [0.4, 0.5) is 0 Å². The molecule has 0 saturated heterocycles. The Bertz CT molecular complexity index is 691. The van der Waals surface area contributed by atoms with Gasteiger partial charge in [-0.2, -0.15) is 5.10 Å². The maximum Gasteiger partial charge on any atom is 0.349 e. The van der Waals surface area contributed by atoms with Gasteiger partial charge in [-0.15, -0.1) is 11.3 Å². The molecule has 9 heteroatoms. The van der Waals surface area contributed by atoms with Crippen LogP contribution in [-0.2, 0) is 14.8 Å². The maximum absolute atomic E-state index is 12.3. The molecule has 0 radical (unpaired) electrons. The standard InChI is InChI=1S/C11H13N3O4S2/c1-7(8-5-12-13-6-8)14-20(16,17)9-3-4-19-10(9)11(15)18-2/h3-7,14H,1-2H3,(H,12,13). The number of hydrogen-bond donors (Lipinski definition) is 2. The lowest BCUT2D eigenvalue weighted by Crippen LogP contribution is -2.27. The van der Waals surface area contributed by atoms with Crippen LogP contribution in [-0.4, -0.2) is 31.7 Å². The molecule has 0 saturated carbocycles. The van der Waals surface area contributed by atoms with E-state index < -0.39 is 22.0 Å². The monoisotopic (exact) mass is 315 g/mol. The van der Waals surface area contributed by atoms with Gasteiger partial charge in [-0.3, -0.25) is 5.10 Å². The quantitative estimate of drug-likeness (QED) is 0.810. The highest BCUT2D eigenvalue weighted by Crippen LogP contribution is 2.24. The number of aromatic amines is 1. The molecule has 7 nitrogen and oxygen atoms in total. The van der Waals surface area contributed by atoms with Gasteiger partial charge in [0.05, 0.1) is 13.3 Å². The van der Waals surface area contributed by atoms with Crippen LogP contribution < -0.4 is 4.72 Å². The Kier molecular flexibility index (Phi) is 4.21. The molecule has 0 bridgehead atoms. The van der Waals surface area contributed by atoms with Crippen molar-refractivity contribution < 1.29 is 17.9 Å². The van der Waals surface area contributed by atoms with Crippen LogP contribution in [0.2, 0.25) is 0 Å². The first-order chi connectivity index (χ1) is 9.45. The summed E-state index contributed by atoms with van der Waals surface area (Å²) in [6, 6.07) is 0.908. The summed E-state index contributed by atoms with van der Waals surface area (Å²) in [5.41, 5.74) is 0.698. The number of methoxy groups -OCH3 is 1. The average molecular weight is 315 g/mol. The second-order valence-electron chi connectivity index (χ2n) is 3.98. The third kappa shape index (κ3) is 2.89. The van der Waals surface area contributed by atoms with Gasteiger partial charge in [-0.25, -0.2) is 17.9 Å². The number of nitrogens with zero attached hydrogens (tertiary/aromatic N) is 1. The Labute approximate surface area is 120 Å². The van der Waals surface area contributed by atoms with Crippen molar-refractivity contribution in [2.24, 2.45) is 0 Å². The summed E-state index contributed by atoms with van der Waals surface area (Å²) in [5.74, 6) is -0.670. The number of carbonyl (C=O) groups excluding carboxylic acids is 1. The lowest BCUT2D eigenvalue weighted by Gasteiger charge is -2.12. The predicted octanol–water partition coefficient (Wildman–Crippen LogP) is 1.30. The minimum absolute atomic E-state index is 0.0550. The smallest absolute Gasteiger partial charge is 0.349 e. The summed E-state index contributed by atoms with van der Waals surface area (Å²) in [5, 5.41) is 7.91. The summed E-state index contributed by atoms with van der Waals surface area (Å²) in [6.45, 7) is 1.69. The third-order valence-electron chi connectivity index (χ3n) is 2.64. The Morgan fingerprint density at radius 1 is 1.55 bits per heavy atom. The highest BCUT2D eigenvalue weighted by Gasteiger charge is 2.26. The van der Waals surface area contributed by atoms with Gasteiger partial charge >= 0.3 is 5.97 Å². The molecule has 1 unspecified atom stereocenters. The molecule has 108 valence electrons. The van der Waals surface area contributed by atoms with Crippen LogP contribution in [0.3, 0.4) is 0 Å².